The van der Waals surface area contributed by atoms with Crippen molar-refractivity contribution in [3.63, 3.8) is 0 Å². The van der Waals surface area contributed by atoms with E-state index in [9.17, 15) is 4.57 Å². The summed E-state index contributed by atoms with van der Waals surface area (Å²) in [6.45, 7) is 3.65. The minimum absolute atomic E-state index is 0.169. The van der Waals surface area contributed by atoms with Gasteiger partial charge in [0.2, 0.25) is 0 Å². The molecule has 96 valence electrons. The molecule has 1 aliphatic rings. The first-order valence-corrected chi connectivity index (χ1v) is 7.13. The van der Waals surface area contributed by atoms with Crippen LogP contribution in [0.5, 0.6) is 5.75 Å². The second kappa shape index (κ2) is 5.11. The van der Waals surface area contributed by atoms with Crippen LogP contribution in [-0.2, 0) is 13.6 Å². The molecule has 1 saturated heterocycles. The summed E-state index contributed by atoms with van der Waals surface area (Å²) < 4.78 is 28.0. The van der Waals surface area contributed by atoms with Gasteiger partial charge < -0.3 is 4.52 Å². The zero-order chi connectivity index (χ0) is 13.2. The van der Waals surface area contributed by atoms with Crippen LogP contribution < -0.4 is 4.52 Å². The maximum atomic E-state index is 12.2. The minimum atomic E-state index is -3.55. The van der Waals surface area contributed by atoms with Crippen LogP contribution in [0.3, 0.4) is 0 Å². The smallest absolute Gasteiger partial charge is 0.404 e. The van der Waals surface area contributed by atoms with E-state index in [1.807, 2.05) is 19.9 Å². The number of nitriles is 1. The maximum Gasteiger partial charge on any atom is 0.530 e. The average molecular weight is 267 g/mol. The minimum Gasteiger partial charge on any atom is -0.404 e. The summed E-state index contributed by atoms with van der Waals surface area (Å²) >= 11 is 0. The molecule has 1 fully saturated rings. The van der Waals surface area contributed by atoms with Gasteiger partial charge in [0.15, 0.2) is 0 Å². The van der Waals surface area contributed by atoms with E-state index in [1.54, 1.807) is 24.3 Å². The van der Waals surface area contributed by atoms with Gasteiger partial charge in [0.05, 0.1) is 23.8 Å². The molecule has 2 rings (SSSR count). The van der Waals surface area contributed by atoms with Crippen LogP contribution in [0.25, 0.3) is 0 Å². The Balaban J connectivity index is 2.12. The van der Waals surface area contributed by atoms with E-state index in [2.05, 4.69) is 0 Å². The lowest BCUT2D eigenvalue weighted by molar-refractivity contribution is 0.0217. The summed E-state index contributed by atoms with van der Waals surface area (Å²) in [6, 6.07) is 8.29. The number of phosphoric acid groups is 1. The van der Waals surface area contributed by atoms with Gasteiger partial charge in [-0.15, -0.1) is 0 Å². The molecule has 6 heteroatoms. The van der Waals surface area contributed by atoms with Crippen LogP contribution in [0.2, 0.25) is 0 Å². The molecule has 18 heavy (non-hydrogen) atoms. The fourth-order valence-electron chi connectivity index (χ4n) is 1.78. The molecule has 0 amide bonds. The fourth-order valence-corrected chi connectivity index (χ4v) is 3.35. The van der Waals surface area contributed by atoms with Crippen molar-refractivity contribution >= 4 is 7.82 Å². The van der Waals surface area contributed by atoms with E-state index >= 15 is 0 Å². The largest absolute Gasteiger partial charge is 0.530 e. The molecule has 5 nitrogen and oxygen atoms in total. The van der Waals surface area contributed by atoms with Crippen molar-refractivity contribution in [2.24, 2.45) is 0 Å². The van der Waals surface area contributed by atoms with Crippen molar-refractivity contribution in [3.05, 3.63) is 29.8 Å². The number of phosphoric ester groups is 1. The Labute approximate surface area is 106 Å². The highest BCUT2D eigenvalue weighted by Gasteiger charge is 2.38. The van der Waals surface area contributed by atoms with Gasteiger partial charge in [0, 0.05) is 6.42 Å². The number of hydrogen-bond donors (Lipinski definition) is 0. The van der Waals surface area contributed by atoms with Crippen molar-refractivity contribution < 1.29 is 18.1 Å². The highest BCUT2D eigenvalue weighted by atomic mass is 31.2. The van der Waals surface area contributed by atoms with Crippen LogP contribution in [0, 0.1) is 11.3 Å². The van der Waals surface area contributed by atoms with E-state index < -0.39 is 7.82 Å². The lowest BCUT2D eigenvalue weighted by atomic mass is 10.2. The highest BCUT2D eigenvalue weighted by Crippen LogP contribution is 2.54. The van der Waals surface area contributed by atoms with E-state index in [0.717, 1.165) is 0 Å². The van der Waals surface area contributed by atoms with Crippen molar-refractivity contribution in [2.45, 2.75) is 32.5 Å². The number of benzene rings is 1. The summed E-state index contributed by atoms with van der Waals surface area (Å²) in [4.78, 5) is 0. The molecule has 0 bridgehead atoms. The number of rotatable bonds is 2. The van der Waals surface area contributed by atoms with Gasteiger partial charge >= 0.3 is 7.82 Å². The van der Waals surface area contributed by atoms with Crippen LogP contribution in [-0.4, -0.2) is 12.2 Å². The molecular weight excluding hydrogens is 253 g/mol. The zero-order valence-electron chi connectivity index (χ0n) is 10.2. The third kappa shape index (κ3) is 3.11. The fraction of sp³-hybridized carbons (Fsp3) is 0.417. The first-order chi connectivity index (χ1) is 8.50. The molecule has 1 aromatic carbocycles. The third-order valence-corrected chi connectivity index (χ3v) is 4.15. The van der Waals surface area contributed by atoms with Crippen LogP contribution in [0.1, 0.15) is 25.8 Å². The van der Waals surface area contributed by atoms with Gasteiger partial charge in [0.25, 0.3) is 0 Å². The summed E-state index contributed by atoms with van der Waals surface area (Å²) in [6.07, 6.45) is 0.344. The molecule has 0 spiro atoms. The Hall–Kier alpha value is -1.34. The topological polar surface area (TPSA) is 68.5 Å². The molecule has 3 atom stereocenters. The second-order valence-corrected chi connectivity index (χ2v) is 5.74. The highest BCUT2D eigenvalue weighted by molar-refractivity contribution is 7.49. The summed E-state index contributed by atoms with van der Waals surface area (Å²) in [5.41, 5.74) is 0.507. The van der Waals surface area contributed by atoms with Crippen LogP contribution >= 0.6 is 7.82 Å². The normalized spacial score (nSPS) is 31.6. The second-order valence-electron chi connectivity index (χ2n) is 4.24. The molecule has 0 saturated carbocycles. The van der Waals surface area contributed by atoms with Crippen molar-refractivity contribution in [1.29, 1.82) is 5.26 Å². The number of hydrogen-bond acceptors (Lipinski definition) is 5. The van der Waals surface area contributed by atoms with Gasteiger partial charge in [-0.2, -0.15) is 5.26 Å². The number of nitrogens with zero attached hydrogens (tertiary/aromatic N) is 1. The Morgan fingerprint density at radius 1 is 1.28 bits per heavy atom. The molecule has 0 radical (unpaired) electrons. The molecular formula is C12H14NO4P. The van der Waals surface area contributed by atoms with Gasteiger partial charge in [-0.25, -0.2) is 4.57 Å². The molecule has 0 N–H and O–H groups in total. The summed E-state index contributed by atoms with van der Waals surface area (Å²) in [5, 5.41) is 8.68. The predicted octanol–water partition coefficient (Wildman–Crippen LogP) is 3.26. The molecule has 1 aliphatic heterocycles. The van der Waals surface area contributed by atoms with Crippen molar-refractivity contribution in [2.75, 3.05) is 0 Å². The molecule has 0 aliphatic carbocycles. The zero-order valence-corrected chi connectivity index (χ0v) is 11.1. The van der Waals surface area contributed by atoms with Crippen molar-refractivity contribution in [3.8, 4) is 11.8 Å². The molecule has 0 aromatic heterocycles. The van der Waals surface area contributed by atoms with E-state index in [1.165, 1.54) is 0 Å². The molecule has 1 unspecified atom stereocenters. The quantitative estimate of drug-likeness (QED) is 0.769. The Kier molecular flexibility index (Phi) is 3.72. The third-order valence-electron chi connectivity index (χ3n) is 2.48. The van der Waals surface area contributed by atoms with Crippen LogP contribution in [0.4, 0.5) is 0 Å². The average Bonchev–Trinajstić information content (AvgIpc) is 2.27. The maximum absolute atomic E-state index is 12.2. The molecule has 1 aromatic rings. The van der Waals surface area contributed by atoms with Gasteiger partial charge in [-0.3, -0.25) is 9.05 Å². The monoisotopic (exact) mass is 267 g/mol. The van der Waals surface area contributed by atoms with Gasteiger partial charge in [-0.1, -0.05) is 0 Å². The van der Waals surface area contributed by atoms with Gasteiger partial charge in [-0.05, 0) is 38.1 Å². The summed E-state index contributed by atoms with van der Waals surface area (Å²) in [7, 11) is -3.55. The summed E-state index contributed by atoms with van der Waals surface area (Å²) in [5.74, 6) is 0.360. The van der Waals surface area contributed by atoms with Crippen molar-refractivity contribution in [1.82, 2.24) is 0 Å². The van der Waals surface area contributed by atoms with E-state index in [-0.39, 0.29) is 12.2 Å². The molecule has 1 heterocycles. The Morgan fingerprint density at radius 2 is 1.83 bits per heavy atom. The van der Waals surface area contributed by atoms with Gasteiger partial charge in [0.1, 0.15) is 5.75 Å². The SMILES string of the molecule is C[C@@H]1C[C@H](C)OP(=O)(Oc2ccc(C#N)cc2)O1. The first-order valence-electron chi connectivity index (χ1n) is 5.67. The standard InChI is InChI=1S/C12H14NO4P/c1-9-7-10(2)16-18(14,15-9)17-12-5-3-11(8-13)4-6-12/h3-6,9-10H,7H2,1-2H3/t9-,10+,18?. The Bertz CT molecular complexity index is 494. The van der Waals surface area contributed by atoms with E-state index in [0.29, 0.717) is 17.7 Å². The Morgan fingerprint density at radius 3 is 2.33 bits per heavy atom. The van der Waals surface area contributed by atoms with E-state index in [4.69, 9.17) is 18.8 Å². The lowest BCUT2D eigenvalue weighted by Gasteiger charge is -2.30. The van der Waals surface area contributed by atoms with Crippen LogP contribution in [0.15, 0.2) is 24.3 Å². The predicted molar refractivity (Wildman–Crippen MR) is 65.1 cm³/mol. The lowest BCUT2D eigenvalue weighted by Crippen LogP contribution is -2.25. The first kappa shape index (κ1) is 13.1.